The summed E-state index contributed by atoms with van der Waals surface area (Å²) in [6.45, 7) is 7.38. The largest absolute Gasteiger partial charge is 0.380 e. The third-order valence-corrected chi connectivity index (χ3v) is 4.46. The molecule has 0 bridgehead atoms. The number of aryl methyl sites for hydroxylation is 2. The molecule has 1 aromatic rings. The summed E-state index contributed by atoms with van der Waals surface area (Å²) >= 11 is 0. The molecule has 1 aromatic heterocycles. The van der Waals surface area contributed by atoms with E-state index in [0.717, 1.165) is 17.1 Å². The molecule has 0 aliphatic carbocycles. The highest BCUT2D eigenvalue weighted by molar-refractivity contribution is 7.91. The third-order valence-electron chi connectivity index (χ3n) is 2.57. The predicted octanol–water partition coefficient (Wildman–Crippen LogP) is 1.93. The van der Waals surface area contributed by atoms with Gasteiger partial charge >= 0.3 is 0 Å². The summed E-state index contributed by atoms with van der Waals surface area (Å²) in [5.74, 6) is 0.334. The first-order valence-electron chi connectivity index (χ1n) is 5.75. The molecule has 0 saturated carbocycles. The van der Waals surface area contributed by atoms with Crippen LogP contribution in [0.3, 0.4) is 0 Å². The van der Waals surface area contributed by atoms with Crippen LogP contribution in [0.15, 0.2) is 12.1 Å². The van der Waals surface area contributed by atoms with Crippen LogP contribution >= 0.6 is 0 Å². The van der Waals surface area contributed by atoms with Gasteiger partial charge in [0, 0.05) is 17.5 Å². The van der Waals surface area contributed by atoms with Crippen molar-refractivity contribution >= 4 is 15.5 Å². The van der Waals surface area contributed by atoms with Gasteiger partial charge in [0.15, 0.2) is 9.84 Å². The summed E-state index contributed by atoms with van der Waals surface area (Å²) in [7, 11) is -2.94. The van der Waals surface area contributed by atoms with Crippen LogP contribution in [0.5, 0.6) is 0 Å². The number of nitrogens with one attached hydrogen (secondary N) is 1. The van der Waals surface area contributed by atoms with E-state index in [1.54, 1.807) is 6.92 Å². The molecule has 0 aliphatic rings. The lowest BCUT2D eigenvalue weighted by Crippen LogP contribution is -2.27. The quantitative estimate of drug-likeness (QED) is 0.874. The van der Waals surface area contributed by atoms with Crippen LogP contribution in [0, 0.1) is 13.8 Å². The minimum Gasteiger partial charge on any atom is -0.380 e. The Morgan fingerprint density at radius 2 is 2.00 bits per heavy atom. The van der Waals surface area contributed by atoms with Gasteiger partial charge in [0.05, 0.1) is 17.1 Å². The van der Waals surface area contributed by atoms with E-state index >= 15 is 0 Å². The van der Waals surface area contributed by atoms with Gasteiger partial charge in [-0.25, -0.2) is 8.42 Å². The molecule has 0 amide bonds. The van der Waals surface area contributed by atoms with E-state index in [4.69, 9.17) is 0 Å². The van der Waals surface area contributed by atoms with Gasteiger partial charge in [0.2, 0.25) is 0 Å². The second-order valence-corrected chi connectivity index (χ2v) is 6.73. The van der Waals surface area contributed by atoms with Crippen LogP contribution in [-0.4, -0.2) is 30.9 Å². The molecule has 5 heteroatoms. The lowest BCUT2D eigenvalue weighted by Gasteiger charge is -2.16. The van der Waals surface area contributed by atoms with Crippen molar-refractivity contribution in [2.45, 2.75) is 33.7 Å². The van der Waals surface area contributed by atoms with Gasteiger partial charge in [-0.15, -0.1) is 0 Å². The van der Waals surface area contributed by atoms with Gasteiger partial charge in [-0.3, -0.25) is 4.98 Å². The Morgan fingerprint density at radius 3 is 2.53 bits per heavy atom. The Balaban J connectivity index is 2.72. The number of sulfone groups is 1. The molecule has 0 radical (unpaired) electrons. The van der Waals surface area contributed by atoms with E-state index in [2.05, 4.69) is 10.3 Å². The molecule has 1 heterocycles. The molecule has 1 N–H and O–H groups in total. The van der Waals surface area contributed by atoms with E-state index < -0.39 is 9.84 Å². The zero-order chi connectivity index (χ0) is 13.1. The molecule has 0 aromatic carbocycles. The summed E-state index contributed by atoms with van der Waals surface area (Å²) < 4.78 is 23.0. The monoisotopic (exact) mass is 256 g/mol. The number of hydrogen-bond donors (Lipinski definition) is 1. The van der Waals surface area contributed by atoms with Gasteiger partial charge < -0.3 is 5.32 Å². The average Bonchev–Trinajstić information content (AvgIpc) is 2.21. The van der Waals surface area contributed by atoms with Crippen molar-refractivity contribution in [3.05, 3.63) is 23.5 Å². The maximum absolute atomic E-state index is 11.5. The van der Waals surface area contributed by atoms with Crippen molar-refractivity contribution in [2.24, 2.45) is 0 Å². The topological polar surface area (TPSA) is 59.1 Å². The summed E-state index contributed by atoms with van der Waals surface area (Å²) in [6, 6.07) is 3.74. The van der Waals surface area contributed by atoms with Crippen LogP contribution in [0.25, 0.3) is 0 Å². The van der Waals surface area contributed by atoms with Crippen LogP contribution in [0.1, 0.15) is 25.2 Å². The number of aromatic nitrogens is 1. The summed E-state index contributed by atoms with van der Waals surface area (Å²) in [5.41, 5.74) is 2.75. The molecule has 0 aliphatic heterocycles. The number of rotatable bonds is 5. The van der Waals surface area contributed by atoms with Crippen molar-refractivity contribution in [3.8, 4) is 0 Å². The molecule has 1 atom stereocenters. The first-order chi connectivity index (χ1) is 7.84. The van der Waals surface area contributed by atoms with E-state index in [-0.39, 0.29) is 17.5 Å². The van der Waals surface area contributed by atoms with Crippen molar-refractivity contribution in [1.29, 1.82) is 0 Å². The van der Waals surface area contributed by atoms with Crippen molar-refractivity contribution in [2.75, 3.05) is 16.8 Å². The molecule has 0 saturated heterocycles. The number of hydrogen-bond acceptors (Lipinski definition) is 4. The smallest absolute Gasteiger partial charge is 0.152 e. The summed E-state index contributed by atoms with van der Waals surface area (Å²) in [5, 5.41) is 3.19. The first kappa shape index (κ1) is 14.0. The third kappa shape index (κ3) is 4.34. The van der Waals surface area contributed by atoms with Crippen LogP contribution in [0.4, 0.5) is 5.69 Å². The molecule has 96 valence electrons. The fraction of sp³-hybridized carbons (Fsp3) is 0.583. The molecular formula is C12H20N2O2S. The zero-order valence-electron chi connectivity index (χ0n) is 10.8. The van der Waals surface area contributed by atoms with E-state index in [1.165, 1.54) is 0 Å². The number of pyridine rings is 1. The maximum Gasteiger partial charge on any atom is 0.152 e. The van der Waals surface area contributed by atoms with E-state index in [1.807, 2.05) is 32.9 Å². The Labute approximate surface area is 103 Å². The van der Waals surface area contributed by atoms with E-state index in [0.29, 0.717) is 0 Å². The summed E-state index contributed by atoms with van der Waals surface area (Å²) in [4.78, 5) is 4.33. The van der Waals surface area contributed by atoms with Gasteiger partial charge in [-0.05, 0) is 32.9 Å². The van der Waals surface area contributed by atoms with Crippen LogP contribution in [0.2, 0.25) is 0 Å². The van der Waals surface area contributed by atoms with Gasteiger partial charge in [0.1, 0.15) is 0 Å². The normalized spacial score (nSPS) is 13.4. The lowest BCUT2D eigenvalue weighted by molar-refractivity contribution is 0.593. The van der Waals surface area contributed by atoms with Gasteiger partial charge in [-0.2, -0.15) is 0 Å². The average molecular weight is 256 g/mol. The molecule has 4 nitrogen and oxygen atoms in total. The van der Waals surface area contributed by atoms with Crippen molar-refractivity contribution in [3.63, 3.8) is 0 Å². The Bertz CT molecular complexity index is 483. The highest BCUT2D eigenvalue weighted by atomic mass is 32.2. The van der Waals surface area contributed by atoms with Crippen molar-refractivity contribution in [1.82, 2.24) is 4.98 Å². The minimum atomic E-state index is -2.94. The van der Waals surface area contributed by atoms with Gasteiger partial charge in [-0.1, -0.05) is 6.92 Å². The molecule has 1 rings (SSSR count). The molecule has 0 fully saturated rings. The second kappa shape index (κ2) is 5.49. The molecule has 17 heavy (non-hydrogen) atoms. The zero-order valence-corrected chi connectivity index (χ0v) is 11.6. The number of nitrogens with zero attached hydrogens (tertiary/aromatic N) is 1. The van der Waals surface area contributed by atoms with E-state index in [9.17, 15) is 8.42 Å². The maximum atomic E-state index is 11.5. The van der Waals surface area contributed by atoms with Crippen LogP contribution in [-0.2, 0) is 9.84 Å². The predicted molar refractivity (Wildman–Crippen MR) is 71.1 cm³/mol. The summed E-state index contributed by atoms with van der Waals surface area (Å²) in [6.07, 6.45) is 0. The minimum absolute atomic E-state index is 0.108. The SMILES string of the molecule is CCS(=O)(=O)CC(C)Nc1ccc(C)nc1C. The van der Waals surface area contributed by atoms with Gasteiger partial charge in [0.25, 0.3) is 0 Å². The fourth-order valence-corrected chi connectivity index (χ4v) is 2.73. The van der Waals surface area contributed by atoms with Crippen LogP contribution < -0.4 is 5.32 Å². The Hall–Kier alpha value is -1.10. The highest BCUT2D eigenvalue weighted by Gasteiger charge is 2.14. The Morgan fingerprint density at radius 1 is 1.35 bits per heavy atom. The molecule has 1 unspecified atom stereocenters. The Kier molecular flexibility index (Phi) is 4.51. The molecule has 0 spiro atoms. The highest BCUT2D eigenvalue weighted by Crippen LogP contribution is 2.14. The standard InChI is InChI=1S/C12H20N2O2S/c1-5-17(15,16)8-10(3)14-12-7-6-9(2)13-11(12)4/h6-7,10,14H,5,8H2,1-4H3. The molecular weight excluding hydrogens is 236 g/mol. The first-order valence-corrected chi connectivity index (χ1v) is 7.57. The fourth-order valence-electron chi connectivity index (χ4n) is 1.64. The second-order valence-electron chi connectivity index (χ2n) is 4.33. The number of anilines is 1. The van der Waals surface area contributed by atoms with Crippen molar-refractivity contribution < 1.29 is 8.42 Å². The lowest BCUT2D eigenvalue weighted by atomic mass is 10.2.